The van der Waals surface area contributed by atoms with E-state index in [9.17, 15) is 13.2 Å². The highest BCUT2D eigenvalue weighted by molar-refractivity contribution is 7.88. The lowest BCUT2D eigenvalue weighted by molar-refractivity contribution is -0.128. The molecule has 1 aliphatic rings. The largest absolute Gasteiger partial charge is 0.364 e. The number of hydrogen-bond acceptors (Lipinski definition) is 6. The van der Waals surface area contributed by atoms with Crippen LogP contribution in [0.25, 0.3) is 0 Å². The molecule has 1 aromatic heterocycles. The Kier molecular flexibility index (Phi) is 7.41. The van der Waals surface area contributed by atoms with Crippen molar-refractivity contribution in [2.24, 2.45) is 10.4 Å². The van der Waals surface area contributed by atoms with Crippen molar-refractivity contribution in [2.75, 3.05) is 46.3 Å². The summed E-state index contributed by atoms with van der Waals surface area (Å²) >= 11 is 0. The minimum absolute atomic E-state index is 0.00443. The van der Waals surface area contributed by atoms with E-state index in [-0.39, 0.29) is 11.7 Å². The van der Waals surface area contributed by atoms with Crippen LogP contribution in [0.15, 0.2) is 21.8 Å². The summed E-state index contributed by atoms with van der Waals surface area (Å²) < 4.78 is 31.2. The molecule has 0 aliphatic carbocycles. The number of rotatable bonds is 6. The van der Waals surface area contributed by atoms with Gasteiger partial charge in [0, 0.05) is 57.8 Å². The third-order valence-corrected chi connectivity index (χ3v) is 6.15. The number of carbonyl (C=O) groups is 1. The highest BCUT2D eigenvalue weighted by Gasteiger charge is 2.29. The zero-order valence-electron chi connectivity index (χ0n) is 16.9. The molecule has 1 aromatic rings. The molecule has 0 unspecified atom stereocenters. The van der Waals surface area contributed by atoms with E-state index in [0.717, 1.165) is 0 Å². The Morgan fingerprint density at radius 3 is 2.39 bits per heavy atom. The van der Waals surface area contributed by atoms with Crippen LogP contribution < -0.4 is 10.6 Å². The third-order valence-electron chi connectivity index (χ3n) is 4.34. The molecule has 1 aliphatic heterocycles. The molecule has 28 heavy (non-hydrogen) atoms. The number of aliphatic imine (C=N–C) groups is 1. The Morgan fingerprint density at radius 2 is 1.86 bits per heavy atom. The lowest BCUT2D eigenvalue weighted by Crippen LogP contribution is -2.54. The highest BCUT2D eigenvalue weighted by atomic mass is 32.2. The predicted molar refractivity (Wildman–Crippen MR) is 106 cm³/mol. The highest BCUT2D eigenvalue weighted by Crippen LogP contribution is 2.13. The van der Waals surface area contributed by atoms with Gasteiger partial charge in [-0.15, -0.1) is 0 Å². The minimum Gasteiger partial charge on any atom is -0.364 e. The molecule has 2 heterocycles. The molecule has 11 heteroatoms. The Labute approximate surface area is 166 Å². The quantitative estimate of drug-likeness (QED) is 0.378. The molecule has 2 rings (SSSR count). The van der Waals surface area contributed by atoms with Crippen LogP contribution in [0.5, 0.6) is 0 Å². The molecule has 1 amide bonds. The van der Waals surface area contributed by atoms with Crippen molar-refractivity contribution < 1.29 is 17.7 Å². The molecular formula is C17H30N6O4S. The second-order valence-electron chi connectivity index (χ2n) is 7.61. The first-order valence-corrected chi connectivity index (χ1v) is 10.9. The molecule has 10 nitrogen and oxygen atoms in total. The second-order valence-corrected chi connectivity index (χ2v) is 9.58. The fourth-order valence-corrected chi connectivity index (χ4v) is 4.14. The van der Waals surface area contributed by atoms with E-state index in [4.69, 9.17) is 4.52 Å². The van der Waals surface area contributed by atoms with Crippen molar-refractivity contribution in [1.82, 2.24) is 25.0 Å². The number of amides is 1. The Morgan fingerprint density at radius 1 is 1.21 bits per heavy atom. The van der Waals surface area contributed by atoms with Gasteiger partial charge >= 0.3 is 0 Å². The van der Waals surface area contributed by atoms with Crippen LogP contribution in [0.1, 0.15) is 26.5 Å². The van der Waals surface area contributed by atoms with Gasteiger partial charge in [0.2, 0.25) is 15.9 Å². The lowest BCUT2D eigenvalue weighted by Gasteiger charge is -2.35. The molecule has 0 atom stereocenters. The van der Waals surface area contributed by atoms with Gasteiger partial charge in [-0.2, -0.15) is 4.31 Å². The van der Waals surface area contributed by atoms with Crippen molar-refractivity contribution in [3.8, 4) is 0 Å². The van der Waals surface area contributed by atoms with Gasteiger partial charge in [0.05, 0.1) is 5.69 Å². The smallest absolute Gasteiger partial charge is 0.225 e. The van der Waals surface area contributed by atoms with Gasteiger partial charge in [-0.05, 0) is 0 Å². The normalized spacial score (nSPS) is 16.9. The van der Waals surface area contributed by atoms with Gasteiger partial charge in [0.15, 0.2) is 5.96 Å². The van der Waals surface area contributed by atoms with Gasteiger partial charge in [0.1, 0.15) is 12.0 Å². The maximum atomic E-state index is 12.5. The summed E-state index contributed by atoms with van der Waals surface area (Å²) in [5, 5.41) is 9.76. The summed E-state index contributed by atoms with van der Waals surface area (Å²) in [4.78, 5) is 18.1. The first-order chi connectivity index (χ1) is 13.1. The topological polar surface area (TPSA) is 120 Å². The number of hydrogen-bond donors (Lipinski definition) is 2. The molecule has 0 spiro atoms. The molecule has 1 fully saturated rings. The van der Waals surface area contributed by atoms with Gasteiger partial charge in [-0.3, -0.25) is 9.79 Å². The van der Waals surface area contributed by atoms with E-state index in [0.29, 0.717) is 50.9 Å². The van der Waals surface area contributed by atoms with Gasteiger partial charge in [-0.1, -0.05) is 25.9 Å². The van der Waals surface area contributed by atoms with E-state index < -0.39 is 15.4 Å². The zero-order valence-corrected chi connectivity index (χ0v) is 17.8. The summed E-state index contributed by atoms with van der Waals surface area (Å²) in [5.41, 5.74) is -0.0210. The van der Waals surface area contributed by atoms with Crippen LogP contribution >= 0.6 is 0 Å². The molecule has 1 saturated heterocycles. The second kappa shape index (κ2) is 9.37. The van der Waals surface area contributed by atoms with E-state index in [1.54, 1.807) is 13.1 Å². The summed E-state index contributed by atoms with van der Waals surface area (Å²) in [6.45, 7) is 8.45. The molecule has 0 saturated carbocycles. The fourth-order valence-electron chi connectivity index (χ4n) is 2.72. The van der Waals surface area contributed by atoms with Crippen LogP contribution in [0.3, 0.4) is 0 Å². The third kappa shape index (κ3) is 6.20. The number of sulfonamides is 1. The number of guanidine groups is 1. The maximum absolute atomic E-state index is 12.5. The summed E-state index contributed by atoms with van der Waals surface area (Å²) in [5.74, 6) is 0.526. The van der Waals surface area contributed by atoms with E-state index >= 15 is 0 Å². The van der Waals surface area contributed by atoms with E-state index in [2.05, 4.69) is 20.8 Å². The van der Waals surface area contributed by atoms with Crippen molar-refractivity contribution in [1.29, 1.82) is 0 Å². The lowest BCUT2D eigenvalue weighted by atomic mass is 9.96. The molecule has 158 valence electrons. The summed E-state index contributed by atoms with van der Waals surface area (Å²) in [7, 11) is -1.75. The van der Waals surface area contributed by atoms with E-state index in [1.165, 1.54) is 10.6 Å². The summed E-state index contributed by atoms with van der Waals surface area (Å²) in [6, 6.07) is 1.55. The van der Waals surface area contributed by atoms with Crippen LogP contribution in [-0.2, 0) is 20.6 Å². The Balaban J connectivity index is 1.78. The van der Waals surface area contributed by atoms with Crippen LogP contribution in [0, 0.1) is 5.41 Å². The zero-order chi connectivity index (χ0) is 20.8. The van der Waals surface area contributed by atoms with Crippen LogP contribution in [0.2, 0.25) is 0 Å². The minimum atomic E-state index is -3.43. The monoisotopic (exact) mass is 414 g/mol. The first kappa shape index (κ1) is 22.2. The standard InChI is InChI=1S/C17H30N6O4S/c1-17(2,3)15(24)19-6-7-20-16(18-4)22-8-10-23(11-9-22)28(25,26)13-14-5-12-27-21-14/h5,12H,6-11,13H2,1-4H3,(H,18,20)(H,19,24). The van der Waals surface area contributed by atoms with Crippen molar-refractivity contribution >= 4 is 21.9 Å². The van der Waals surface area contributed by atoms with Crippen molar-refractivity contribution in [2.45, 2.75) is 26.5 Å². The maximum Gasteiger partial charge on any atom is 0.225 e. The molecule has 2 N–H and O–H groups in total. The first-order valence-electron chi connectivity index (χ1n) is 9.24. The van der Waals surface area contributed by atoms with Crippen LogP contribution in [-0.4, -0.2) is 81.0 Å². The number of carbonyl (C=O) groups excluding carboxylic acids is 1. The number of nitrogens with zero attached hydrogens (tertiary/aromatic N) is 4. The van der Waals surface area contributed by atoms with Gasteiger partial charge in [-0.25, -0.2) is 8.42 Å². The Hall–Kier alpha value is -2.14. The number of aromatic nitrogens is 1. The predicted octanol–water partition coefficient (Wildman–Crippen LogP) is -0.140. The Bertz CT molecular complexity index is 762. The molecule has 0 aromatic carbocycles. The molecule has 0 bridgehead atoms. The van der Waals surface area contributed by atoms with Crippen molar-refractivity contribution in [3.05, 3.63) is 18.0 Å². The number of piperazine rings is 1. The van der Waals surface area contributed by atoms with Gasteiger partial charge in [0.25, 0.3) is 0 Å². The van der Waals surface area contributed by atoms with Crippen LogP contribution in [0.4, 0.5) is 0 Å². The van der Waals surface area contributed by atoms with Gasteiger partial charge < -0.3 is 20.1 Å². The van der Waals surface area contributed by atoms with E-state index in [1.807, 2.05) is 25.7 Å². The number of nitrogens with one attached hydrogen (secondary N) is 2. The average molecular weight is 415 g/mol. The SMILES string of the molecule is CN=C(NCCNC(=O)C(C)(C)C)N1CCN(S(=O)(=O)Cc2ccon2)CC1. The molecule has 0 radical (unpaired) electrons. The van der Waals surface area contributed by atoms with Crippen molar-refractivity contribution in [3.63, 3.8) is 0 Å². The molecular weight excluding hydrogens is 384 g/mol. The average Bonchev–Trinajstić information content (AvgIpc) is 3.13. The fraction of sp³-hybridized carbons (Fsp3) is 0.706. The summed E-state index contributed by atoms with van der Waals surface area (Å²) in [6.07, 6.45) is 1.36.